The molecule has 0 amide bonds. The SMILES string of the molecule is [3H]c1csc(OCc2c(-n3nnn(C)c3=O)cnnc2Br)n1. The van der Waals surface area contributed by atoms with Crippen molar-refractivity contribution in [2.24, 2.45) is 7.05 Å². The molecule has 3 aromatic rings. The Kier molecular flexibility index (Phi) is 3.41. The van der Waals surface area contributed by atoms with Crippen molar-refractivity contribution in [3.8, 4) is 10.9 Å². The van der Waals surface area contributed by atoms with E-state index in [-0.39, 0.29) is 12.8 Å². The highest BCUT2D eigenvalue weighted by Crippen LogP contribution is 2.22. The molecule has 0 saturated heterocycles. The number of hydrogen-bond donors (Lipinski definition) is 0. The molecule has 0 atom stereocenters. The Hall–Kier alpha value is -2.14. The number of aryl methyl sites for hydroxylation is 1. The Morgan fingerprint density at radius 2 is 2.38 bits per heavy atom. The fourth-order valence-electron chi connectivity index (χ4n) is 1.54. The van der Waals surface area contributed by atoms with Gasteiger partial charge in [-0.1, -0.05) is 11.3 Å². The first-order valence-corrected chi connectivity index (χ1v) is 7.28. The maximum atomic E-state index is 12.0. The van der Waals surface area contributed by atoms with Crippen LogP contribution in [0, 0.1) is 0 Å². The maximum absolute atomic E-state index is 12.0. The Morgan fingerprint density at radius 1 is 1.52 bits per heavy atom. The molecule has 0 spiro atoms. The minimum atomic E-state index is -0.413. The minimum absolute atomic E-state index is 0.0847. The molecule has 0 unspecified atom stereocenters. The summed E-state index contributed by atoms with van der Waals surface area (Å²) in [5.41, 5.74) is 0.561. The Bertz CT molecular complexity index is 876. The number of tetrazole rings is 1. The van der Waals surface area contributed by atoms with Crippen LogP contribution >= 0.6 is 27.3 Å². The average Bonchev–Trinajstić information content (AvgIpc) is 3.05. The van der Waals surface area contributed by atoms with Gasteiger partial charge in [0.25, 0.3) is 5.19 Å². The van der Waals surface area contributed by atoms with Crippen LogP contribution in [-0.4, -0.2) is 35.0 Å². The van der Waals surface area contributed by atoms with Gasteiger partial charge in [-0.15, -0.1) is 5.10 Å². The second-order valence-electron chi connectivity index (χ2n) is 3.83. The molecular formula is C10H8BrN7O2S. The summed E-state index contributed by atoms with van der Waals surface area (Å²) in [6.45, 7) is 0.0847. The van der Waals surface area contributed by atoms with Crippen molar-refractivity contribution in [3.05, 3.63) is 38.4 Å². The zero-order valence-electron chi connectivity index (χ0n) is 11.6. The van der Waals surface area contributed by atoms with Gasteiger partial charge in [-0.25, -0.2) is 9.78 Å². The molecule has 0 saturated carbocycles. The molecule has 0 aliphatic carbocycles. The van der Waals surface area contributed by atoms with E-state index in [2.05, 4.69) is 41.5 Å². The molecule has 3 aromatic heterocycles. The molecule has 108 valence electrons. The molecule has 0 aromatic carbocycles. The molecular weight excluding hydrogens is 362 g/mol. The van der Waals surface area contributed by atoms with Crippen LogP contribution in [0.4, 0.5) is 0 Å². The average molecular weight is 372 g/mol. The predicted molar refractivity (Wildman–Crippen MR) is 76.3 cm³/mol. The van der Waals surface area contributed by atoms with Crippen molar-refractivity contribution in [3.63, 3.8) is 0 Å². The lowest BCUT2D eigenvalue weighted by atomic mass is 10.3. The molecule has 0 bridgehead atoms. The summed E-state index contributed by atoms with van der Waals surface area (Å²) in [6.07, 6.45) is 1.54. The summed E-state index contributed by atoms with van der Waals surface area (Å²) < 4.78 is 15.5. The number of ether oxygens (including phenoxy) is 1. The second-order valence-corrected chi connectivity index (χ2v) is 5.40. The van der Waals surface area contributed by atoms with Crippen LogP contribution < -0.4 is 10.4 Å². The third-order valence-electron chi connectivity index (χ3n) is 2.54. The third kappa shape index (κ3) is 2.69. The highest BCUT2D eigenvalue weighted by atomic mass is 79.9. The normalized spacial score (nSPS) is 11.4. The minimum Gasteiger partial charge on any atom is -0.465 e. The molecule has 21 heavy (non-hydrogen) atoms. The molecule has 0 N–H and O–H groups in total. The number of aromatic nitrogens is 7. The first kappa shape index (κ1) is 12.6. The quantitative estimate of drug-likeness (QED) is 0.659. The molecule has 0 aliphatic heterocycles. The van der Waals surface area contributed by atoms with E-state index in [0.29, 0.717) is 21.0 Å². The van der Waals surface area contributed by atoms with Gasteiger partial charge in [0.05, 0.1) is 13.1 Å². The van der Waals surface area contributed by atoms with E-state index in [9.17, 15) is 4.79 Å². The van der Waals surface area contributed by atoms with Crippen LogP contribution in [-0.2, 0) is 13.7 Å². The van der Waals surface area contributed by atoms with Crippen LogP contribution in [0.1, 0.15) is 6.93 Å². The van der Waals surface area contributed by atoms with Crippen molar-refractivity contribution in [1.29, 1.82) is 0 Å². The maximum Gasteiger partial charge on any atom is 0.368 e. The van der Waals surface area contributed by atoms with E-state index in [4.69, 9.17) is 6.11 Å². The number of rotatable bonds is 4. The Labute approximate surface area is 131 Å². The number of halogens is 1. The first-order chi connectivity index (χ1) is 10.6. The molecule has 9 nitrogen and oxygen atoms in total. The van der Waals surface area contributed by atoms with Crippen LogP contribution in [0.5, 0.6) is 5.19 Å². The predicted octanol–water partition coefficient (Wildman–Crippen LogP) is 0.554. The van der Waals surface area contributed by atoms with Crippen molar-refractivity contribution in [1.82, 2.24) is 35.0 Å². The molecule has 0 radical (unpaired) electrons. The van der Waals surface area contributed by atoms with Gasteiger partial charge in [-0.3, -0.25) is 0 Å². The van der Waals surface area contributed by atoms with Crippen LogP contribution in [0.3, 0.4) is 0 Å². The molecule has 0 aliphatic rings. The van der Waals surface area contributed by atoms with E-state index < -0.39 is 5.69 Å². The summed E-state index contributed by atoms with van der Waals surface area (Å²) in [4.78, 5) is 15.9. The summed E-state index contributed by atoms with van der Waals surface area (Å²) in [5, 5.41) is 17.0. The van der Waals surface area contributed by atoms with E-state index in [1.54, 1.807) is 5.38 Å². The Morgan fingerprint density at radius 3 is 3.05 bits per heavy atom. The molecule has 11 heteroatoms. The lowest BCUT2D eigenvalue weighted by Gasteiger charge is -2.08. The van der Waals surface area contributed by atoms with E-state index in [1.807, 2.05) is 0 Å². The van der Waals surface area contributed by atoms with Crippen molar-refractivity contribution in [2.45, 2.75) is 6.61 Å². The monoisotopic (exact) mass is 371 g/mol. The smallest absolute Gasteiger partial charge is 0.368 e. The number of thiazole rings is 1. The summed E-state index contributed by atoms with van der Waals surface area (Å²) in [7, 11) is 1.50. The van der Waals surface area contributed by atoms with Gasteiger partial charge < -0.3 is 4.74 Å². The molecule has 3 rings (SSSR count). The Balaban J connectivity index is 1.96. The lowest BCUT2D eigenvalue weighted by molar-refractivity contribution is 0.302. The topological polar surface area (TPSA) is 101 Å². The summed E-state index contributed by atoms with van der Waals surface area (Å²) in [5.74, 6) is 0. The standard InChI is InChI=1S/C10H8BrN7O2S/c1-17-10(19)18(16-15-17)7-4-13-14-8(11)6(7)5-20-9-12-2-3-21-9/h2-4H,5H2,1H3/i2T. The van der Waals surface area contributed by atoms with Gasteiger partial charge in [-0.05, 0) is 26.4 Å². The molecule has 3 heterocycles. The van der Waals surface area contributed by atoms with Crippen LogP contribution in [0.25, 0.3) is 5.69 Å². The van der Waals surface area contributed by atoms with Crippen molar-refractivity contribution < 1.29 is 6.11 Å². The first-order valence-electron chi connectivity index (χ1n) is 6.10. The fraction of sp³-hybridized carbons (Fsp3) is 0.200. The van der Waals surface area contributed by atoms with Gasteiger partial charge in [0.15, 0.2) is 0 Å². The van der Waals surface area contributed by atoms with Gasteiger partial charge >= 0.3 is 5.69 Å². The summed E-state index contributed by atoms with van der Waals surface area (Å²) in [6, 6.07) is 0. The van der Waals surface area contributed by atoms with Crippen LogP contribution in [0.15, 0.2) is 27.1 Å². The summed E-state index contributed by atoms with van der Waals surface area (Å²) >= 11 is 4.49. The number of hydrogen-bond acceptors (Lipinski definition) is 8. The van der Waals surface area contributed by atoms with Crippen molar-refractivity contribution in [2.75, 3.05) is 0 Å². The largest absolute Gasteiger partial charge is 0.465 e. The third-order valence-corrected chi connectivity index (χ3v) is 3.81. The van der Waals surface area contributed by atoms with E-state index in [1.165, 1.54) is 24.6 Å². The zero-order valence-corrected chi connectivity index (χ0v) is 13.0. The van der Waals surface area contributed by atoms with Gasteiger partial charge in [0.2, 0.25) is 0 Å². The lowest BCUT2D eigenvalue weighted by Crippen LogP contribution is -2.23. The highest BCUT2D eigenvalue weighted by molar-refractivity contribution is 9.10. The van der Waals surface area contributed by atoms with Gasteiger partial charge in [-0.2, -0.15) is 14.5 Å². The second kappa shape index (κ2) is 5.69. The zero-order chi connectivity index (χ0) is 15.7. The van der Waals surface area contributed by atoms with Gasteiger partial charge in [0.1, 0.15) is 16.9 Å². The van der Waals surface area contributed by atoms with Gasteiger partial charge in [0, 0.05) is 18.6 Å². The van der Waals surface area contributed by atoms with E-state index >= 15 is 0 Å². The highest BCUT2D eigenvalue weighted by Gasteiger charge is 2.16. The molecule has 0 fully saturated rings. The van der Waals surface area contributed by atoms with Crippen molar-refractivity contribution >= 4 is 27.3 Å². The number of nitrogens with zero attached hydrogens (tertiary/aromatic N) is 7. The van der Waals surface area contributed by atoms with Crippen LogP contribution in [0.2, 0.25) is 0 Å². The fourth-order valence-corrected chi connectivity index (χ4v) is 2.39. The van der Waals surface area contributed by atoms with E-state index in [0.717, 1.165) is 9.36 Å².